The summed E-state index contributed by atoms with van der Waals surface area (Å²) < 4.78 is 68.6. The molecule has 0 aliphatic carbocycles. The Hall–Kier alpha value is -2.98. The lowest BCUT2D eigenvalue weighted by Crippen LogP contribution is -2.30. The van der Waals surface area contributed by atoms with Crippen LogP contribution in [0.1, 0.15) is 387 Å². The van der Waals surface area contributed by atoms with Gasteiger partial charge in [-0.2, -0.15) is 0 Å². The molecule has 0 aromatic carbocycles. The maximum atomic E-state index is 13.1. The smallest absolute Gasteiger partial charge is 0.462 e. The Morgan fingerprint density at radius 1 is 0.280 bits per heavy atom. The number of phosphoric ester groups is 2. The van der Waals surface area contributed by atoms with Crippen molar-refractivity contribution in [2.75, 3.05) is 39.6 Å². The molecule has 0 aromatic heterocycles. The van der Waals surface area contributed by atoms with Crippen molar-refractivity contribution in [2.45, 2.75) is 406 Å². The van der Waals surface area contributed by atoms with Crippen molar-refractivity contribution >= 4 is 39.5 Å². The number of carbonyl (C=O) groups excluding carboxylic acids is 4. The minimum Gasteiger partial charge on any atom is -0.462 e. The first-order valence-corrected chi connectivity index (χ1v) is 43.9. The zero-order chi connectivity index (χ0) is 73.2. The van der Waals surface area contributed by atoms with E-state index in [1.54, 1.807) is 0 Å². The van der Waals surface area contributed by atoms with Crippen LogP contribution in [0.15, 0.2) is 48.6 Å². The minimum atomic E-state index is -4.98. The van der Waals surface area contributed by atoms with Gasteiger partial charge in [0.15, 0.2) is 12.2 Å². The van der Waals surface area contributed by atoms with Gasteiger partial charge in [-0.1, -0.05) is 346 Å². The highest BCUT2D eigenvalue weighted by Gasteiger charge is 2.30. The van der Waals surface area contributed by atoms with Crippen LogP contribution in [0.3, 0.4) is 0 Å². The van der Waals surface area contributed by atoms with Crippen molar-refractivity contribution in [3.8, 4) is 0 Å². The summed E-state index contributed by atoms with van der Waals surface area (Å²) in [6.45, 7) is 4.89. The molecule has 586 valence electrons. The van der Waals surface area contributed by atoms with Gasteiger partial charge in [0.25, 0.3) is 0 Å². The van der Waals surface area contributed by atoms with Gasteiger partial charge in [0.1, 0.15) is 19.3 Å². The third-order valence-corrected chi connectivity index (χ3v) is 19.7. The van der Waals surface area contributed by atoms with E-state index < -0.39 is 97.5 Å². The number of allylic oxidation sites excluding steroid dienone is 8. The second kappa shape index (κ2) is 74.3. The van der Waals surface area contributed by atoms with E-state index in [0.717, 1.165) is 89.9 Å². The van der Waals surface area contributed by atoms with E-state index in [1.807, 2.05) is 12.2 Å². The highest BCUT2D eigenvalue weighted by atomic mass is 31.2. The number of rotatable bonds is 78. The van der Waals surface area contributed by atoms with Crippen molar-refractivity contribution in [1.29, 1.82) is 0 Å². The second-order valence-corrected chi connectivity index (χ2v) is 30.6. The van der Waals surface area contributed by atoms with Gasteiger partial charge >= 0.3 is 39.5 Å². The zero-order valence-electron chi connectivity index (χ0n) is 64.1. The Morgan fingerprint density at radius 3 is 0.790 bits per heavy atom. The van der Waals surface area contributed by atoms with E-state index in [-0.39, 0.29) is 25.7 Å². The number of phosphoric acid groups is 2. The zero-order valence-corrected chi connectivity index (χ0v) is 65.9. The number of carbonyl (C=O) groups is 4. The van der Waals surface area contributed by atoms with Gasteiger partial charge in [-0.15, -0.1) is 0 Å². The minimum absolute atomic E-state index is 0.0256. The molecule has 17 nitrogen and oxygen atoms in total. The molecule has 0 aliphatic rings. The monoisotopic (exact) mass is 1460 g/mol. The summed E-state index contributed by atoms with van der Waals surface area (Å²) in [5, 5.41) is 10.6. The maximum absolute atomic E-state index is 13.1. The molecule has 0 fully saturated rings. The average Bonchev–Trinajstić information content (AvgIpc) is 1.13. The van der Waals surface area contributed by atoms with Crippen LogP contribution in [0, 0.1) is 0 Å². The highest BCUT2D eigenvalue weighted by Crippen LogP contribution is 2.45. The Balaban J connectivity index is 5.35. The van der Waals surface area contributed by atoms with Gasteiger partial charge < -0.3 is 33.8 Å². The largest absolute Gasteiger partial charge is 0.472 e. The van der Waals surface area contributed by atoms with Crippen molar-refractivity contribution < 1.29 is 80.2 Å². The van der Waals surface area contributed by atoms with E-state index in [0.29, 0.717) is 32.1 Å². The molecule has 0 aliphatic heterocycles. The molecular weight excluding hydrogens is 1310 g/mol. The number of hydrogen-bond donors (Lipinski definition) is 3. The van der Waals surface area contributed by atoms with Crippen LogP contribution in [0.25, 0.3) is 0 Å². The predicted molar refractivity (Wildman–Crippen MR) is 409 cm³/mol. The molecule has 0 bridgehead atoms. The van der Waals surface area contributed by atoms with Gasteiger partial charge in [-0.05, 0) is 64.2 Å². The summed E-state index contributed by atoms with van der Waals surface area (Å²) in [6, 6.07) is 0. The number of aliphatic hydroxyl groups excluding tert-OH is 1. The van der Waals surface area contributed by atoms with Crippen LogP contribution in [0.5, 0.6) is 0 Å². The van der Waals surface area contributed by atoms with Crippen LogP contribution in [0.2, 0.25) is 0 Å². The number of ether oxygens (including phenoxy) is 4. The molecule has 0 aromatic rings. The van der Waals surface area contributed by atoms with Gasteiger partial charge in [-0.3, -0.25) is 37.3 Å². The molecule has 0 spiro atoms. The topological polar surface area (TPSA) is 237 Å². The van der Waals surface area contributed by atoms with Crippen molar-refractivity contribution in [3.63, 3.8) is 0 Å². The average molecular weight is 1460 g/mol. The normalized spacial score (nSPS) is 14.1. The molecule has 5 atom stereocenters. The van der Waals surface area contributed by atoms with E-state index in [9.17, 15) is 43.2 Å². The first-order valence-electron chi connectivity index (χ1n) is 40.9. The summed E-state index contributed by atoms with van der Waals surface area (Å²) in [5.41, 5.74) is 0. The molecule has 100 heavy (non-hydrogen) atoms. The van der Waals surface area contributed by atoms with E-state index >= 15 is 0 Å². The van der Waals surface area contributed by atoms with Crippen molar-refractivity contribution in [2.24, 2.45) is 0 Å². The summed E-state index contributed by atoms with van der Waals surface area (Å²) in [6.07, 6.45) is 72.3. The Bertz CT molecular complexity index is 2080. The van der Waals surface area contributed by atoms with Gasteiger partial charge in [0, 0.05) is 25.7 Å². The lowest BCUT2D eigenvalue weighted by molar-refractivity contribution is -0.161. The Labute approximate surface area is 610 Å². The fraction of sp³-hybridized carbons (Fsp3) is 0.852. The number of hydrogen-bond acceptors (Lipinski definition) is 15. The van der Waals surface area contributed by atoms with Crippen LogP contribution >= 0.6 is 15.6 Å². The number of aliphatic hydroxyl groups is 1. The molecule has 0 radical (unpaired) electrons. The van der Waals surface area contributed by atoms with E-state index in [2.05, 4.69) is 64.2 Å². The Kier molecular flexibility index (Phi) is 72.1. The summed E-state index contributed by atoms with van der Waals surface area (Å²) in [5.74, 6) is -2.19. The highest BCUT2D eigenvalue weighted by molar-refractivity contribution is 7.47. The third-order valence-electron chi connectivity index (χ3n) is 17.8. The lowest BCUT2D eigenvalue weighted by atomic mass is 10.0. The fourth-order valence-corrected chi connectivity index (χ4v) is 13.1. The first-order chi connectivity index (χ1) is 48.7. The second-order valence-electron chi connectivity index (χ2n) is 27.7. The molecule has 2 unspecified atom stereocenters. The lowest BCUT2D eigenvalue weighted by Gasteiger charge is -2.21. The standard InChI is InChI=1S/C81H150O17P2/c1-5-9-13-17-21-25-29-33-36-37-40-44-48-52-56-60-64-68-81(86)98-76(71-91-78(83)65-61-57-53-49-45-41-32-28-24-20-16-12-8-4)73-95-99(87,88)93-69-75(82)70-94-100(89,90)96-74-77(97-80(85)67-63-59-55-51-47-43-39-35-31-27-23-19-15-11-7-3)72-92-79(84)66-62-58-54-50-46-42-38-34-30-26-22-18-14-10-6-2/h21,25,33,36,40,44,52,56,75-77,82H,5-20,22-24,26-32,34-35,37-39,41-43,45-51,53-55,57-74H2,1-4H3,(H,87,88)(H,89,90)/b25-21-,36-33-,44-40-,56-52-/t75-,76+,77+/m0/s1. The molecule has 0 heterocycles. The maximum Gasteiger partial charge on any atom is 0.472 e. The molecule has 3 N–H and O–H groups in total. The van der Waals surface area contributed by atoms with Crippen molar-refractivity contribution in [1.82, 2.24) is 0 Å². The first kappa shape index (κ1) is 97.0. The molecule has 0 saturated heterocycles. The van der Waals surface area contributed by atoms with Gasteiger partial charge in [-0.25, -0.2) is 9.13 Å². The summed E-state index contributed by atoms with van der Waals surface area (Å²) in [4.78, 5) is 73.0. The number of esters is 4. The summed E-state index contributed by atoms with van der Waals surface area (Å²) >= 11 is 0. The molecule has 0 saturated carbocycles. The van der Waals surface area contributed by atoms with Gasteiger partial charge in [0.05, 0.1) is 26.4 Å². The van der Waals surface area contributed by atoms with Crippen LogP contribution in [-0.4, -0.2) is 96.7 Å². The molecular formula is C81H150O17P2. The van der Waals surface area contributed by atoms with E-state index in [1.165, 1.54) is 212 Å². The molecule has 19 heteroatoms. The number of unbranched alkanes of at least 4 members (excludes halogenated alkanes) is 44. The van der Waals surface area contributed by atoms with Crippen LogP contribution < -0.4 is 0 Å². The van der Waals surface area contributed by atoms with Gasteiger partial charge in [0.2, 0.25) is 0 Å². The van der Waals surface area contributed by atoms with Crippen LogP contribution in [0.4, 0.5) is 0 Å². The third kappa shape index (κ3) is 73.3. The summed E-state index contributed by atoms with van der Waals surface area (Å²) in [7, 11) is -9.95. The van der Waals surface area contributed by atoms with Crippen LogP contribution in [-0.2, 0) is 65.4 Å². The molecule has 0 rings (SSSR count). The molecule has 0 amide bonds. The SMILES string of the molecule is CCCCC/C=C\C/C=C\C/C=C\C/C=C\CCCC(=O)O[C@H](COC(=O)CCCCCCCCCCCCCCC)COP(=O)(O)OC[C@H](O)COP(=O)(O)OC[C@@H](COC(=O)CCCCCCCCCCCCCCCCC)OC(=O)CCCCCCCCCCCCCCCCC. The Morgan fingerprint density at radius 2 is 0.500 bits per heavy atom. The predicted octanol–water partition coefficient (Wildman–Crippen LogP) is 23.7. The quantitative estimate of drug-likeness (QED) is 0.0169. The van der Waals surface area contributed by atoms with Crippen molar-refractivity contribution in [3.05, 3.63) is 48.6 Å². The fourth-order valence-electron chi connectivity index (χ4n) is 11.6. The van der Waals surface area contributed by atoms with E-state index in [4.69, 9.17) is 37.0 Å².